The number of hydrogen-bond donors (Lipinski definition) is 1. The van der Waals surface area contributed by atoms with Gasteiger partial charge >= 0.3 is 6.09 Å². The normalized spacial score (nSPS) is 17.1. The number of carbonyl (C=O) groups is 1. The van der Waals surface area contributed by atoms with Crippen molar-refractivity contribution in [3.8, 4) is 16.9 Å². The molecular weight excluding hydrogens is 397 g/mol. The molecule has 0 radical (unpaired) electrons. The van der Waals surface area contributed by atoms with Gasteiger partial charge in [-0.25, -0.2) is 14.2 Å². The topological polar surface area (TPSA) is 67.5 Å². The molecule has 1 aliphatic heterocycles. The fraction of sp³-hybridized carbons (Fsp3) is 0.417. The quantitative estimate of drug-likeness (QED) is 0.602. The summed E-state index contributed by atoms with van der Waals surface area (Å²) in [5.41, 5.74) is 3.00. The number of halogens is 1. The first kappa shape index (κ1) is 21.2. The van der Waals surface area contributed by atoms with E-state index in [1.807, 2.05) is 26.8 Å². The summed E-state index contributed by atoms with van der Waals surface area (Å²) in [6.45, 7) is 6.92. The van der Waals surface area contributed by atoms with Crippen LogP contribution in [-0.2, 0) is 4.74 Å². The van der Waals surface area contributed by atoms with Gasteiger partial charge in [-0.1, -0.05) is 0 Å². The molecular formula is C24H28FN3O3. The molecule has 1 N–H and O–H groups in total. The van der Waals surface area contributed by atoms with E-state index in [-0.39, 0.29) is 17.8 Å². The van der Waals surface area contributed by atoms with Crippen LogP contribution >= 0.6 is 0 Å². The van der Waals surface area contributed by atoms with Gasteiger partial charge in [0.2, 0.25) is 0 Å². The molecule has 6 nitrogen and oxygen atoms in total. The van der Waals surface area contributed by atoms with Crippen molar-refractivity contribution in [2.24, 2.45) is 0 Å². The number of H-pyrrole nitrogens is 1. The third-order valence-electron chi connectivity index (χ3n) is 5.52. The highest BCUT2D eigenvalue weighted by Crippen LogP contribution is 2.37. The summed E-state index contributed by atoms with van der Waals surface area (Å²) in [5.74, 6) is 0.299. The van der Waals surface area contributed by atoms with E-state index >= 15 is 0 Å². The summed E-state index contributed by atoms with van der Waals surface area (Å²) in [4.78, 5) is 22.2. The van der Waals surface area contributed by atoms with Gasteiger partial charge in [-0.05, 0) is 63.4 Å². The first-order valence-corrected chi connectivity index (χ1v) is 10.5. The minimum Gasteiger partial charge on any atom is -0.496 e. The van der Waals surface area contributed by atoms with Crippen LogP contribution in [0.1, 0.15) is 45.2 Å². The number of carbonyl (C=O) groups excluding carboxylic acids is 1. The van der Waals surface area contributed by atoms with E-state index in [1.54, 1.807) is 17.2 Å². The Morgan fingerprint density at radius 1 is 1.23 bits per heavy atom. The number of likely N-dealkylation sites (tertiary alicyclic amines) is 1. The van der Waals surface area contributed by atoms with Gasteiger partial charge in [0.1, 0.15) is 22.8 Å². The van der Waals surface area contributed by atoms with Crippen LogP contribution in [-0.4, -0.2) is 46.8 Å². The molecule has 164 valence electrons. The summed E-state index contributed by atoms with van der Waals surface area (Å²) in [6, 6.07) is 8.53. The molecule has 0 spiro atoms. The maximum Gasteiger partial charge on any atom is 0.410 e. The minimum atomic E-state index is -0.516. The number of fused-ring (bicyclic) bond motifs is 1. The lowest BCUT2D eigenvalue weighted by Gasteiger charge is -2.33. The number of amides is 1. The molecule has 4 rings (SSSR count). The molecule has 1 fully saturated rings. The molecule has 1 aromatic carbocycles. The van der Waals surface area contributed by atoms with Gasteiger partial charge in [0.25, 0.3) is 0 Å². The molecule has 1 amide bonds. The van der Waals surface area contributed by atoms with Crippen molar-refractivity contribution in [1.29, 1.82) is 0 Å². The molecule has 3 heterocycles. The highest BCUT2D eigenvalue weighted by atomic mass is 19.1. The zero-order chi connectivity index (χ0) is 22.2. The smallest absolute Gasteiger partial charge is 0.410 e. The lowest BCUT2D eigenvalue weighted by atomic mass is 9.94. The predicted octanol–water partition coefficient (Wildman–Crippen LogP) is 5.49. The van der Waals surface area contributed by atoms with E-state index < -0.39 is 5.60 Å². The number of nitrogens with one attached hydrogen (secondary N) is 1. The van der Waals surface area contributed by atoms with Crippen LogP contribution in [0.25, 0.3) is 22.2 Å². The van der Waals surface area contributed by atoms with Gasteiger partial charge in [0.05, 0.1) is 7.11 Å². The van der Waals surface area contributed by atoms with E-state index in [9.17, 15) is 9.18 Å². The fourth-order valence-electron chi connectivity index (χ4n) is 4.11. The van der Waals surface area contributed by atoms with Crippen LogP contribution in [0.5, 0.6) is 5.75 Å². The van der Waals surface area contributed by atoms with Crippen molar-refractivity contribution in [2.75, 3.05) is 20.2 Å². The van der Waals surface area contributed by atoms with Crippen molar-refractivity contribution < 1.29 is 18.7 Å². The maximum atomic E-state index is 13.7. The monoisotopic (exact) mass is 425 g/mol. The highest BCUT2D eigenvalue weighted by Gasteiger charge is 2.29. The predicted molar refractivity (Wildman–Crippen MR) is 118 cm³/mol. The lowest BCUT2D eigenvalue weighted by molar-refractivity contribution is 0.0197. The second kappa shape index (κ2) is 8.21. The van der Waals surface area contributed by atoms with E-state index in [0.717, 1.165) is 40.7 Å². The molecule has 7 heteroatoms. The third-order valence-corrected chi connectivity index (χ3v) is 5.52. The van der Waals surface area contributed by atoms with E-state index in [1.165, 1.54) is 19.2 Å². The molecule has 2 aromatic heterocycles. The average Bonchev–Trinajstić information content (AvgIpc) is 3.17. The Labute approximate surface area is 181 Å². The maximum absolute atomic E-state index is 13.7. The van der Waals surface area contributed by atoms with Crippen LogP contribution < -0.4 is 4.74 Å². The van der Waals surface area contributed by atoms with Gasteiger partial charge in [0.15, 0.2) is 0 Å². The van der Waals surface area contributed by atoms with Gasteiger partial charge in [-0.2, -0.15) is 0 Å². The summed E-state index contributed by atoms with van der Waals surface area (Å²) < 4.78 is 24.6. The van der Waals surface area contributed by atoms with Crippen LogP contribution in [0.2, 0.25) is 0 Å². The van der Waals surface area contributed by atoms with Crippen LogP contribution in [0.3, 0.4) is 0 Å². The molecule has 1 unspecified atom stereocenters. The number of nitrogens with zero attached hydrogens (tertiary/aromatic N) is 2. The van der Waals surface area contributed by atoms with E-state index in [4.69, 9.17) is 9.47 Å². The summed E-state index contributed by atoms with van der Waals surface area (Å²) >= 11 is 0. The third kappa shape index (κ3) is 4.50. The van der Waals surface area contributed by atoms with Crippen molar-refractivity contribution >= 4 is 17.1 Å². The second-order valence-electron chi connectivity index (χ2n) is 8.96. The largest absolute Gasteiger partial charge is 0.496 e. The Morgan fingerprint density at radius 2 is 2.03 bits per heavy atom. The van der Waals surface area contributed by atoms with Crippen molar-refractivity contribution in [3.05, 3.63) is 48.0 Å². The van der Waals surface area contributed by atoms with Crippen molar-refractivity contribution in [1.82, 2.24) is 14.9 Å². The molecule has 31 heavy (non-hydrogen) atoms. The summed E-state index contributed by atoms with van der Waals surface area (Å²) in [5, 5.41) is 0.941. The van der Waals surface area contributed by atoms with Crippen molar-refractivity contribution in [3.63, 3.8) is 0 Å². The van der Waals surface area contributed by atoms with Crippen LogP contribution in [0, 0.1) is 5.82 Å². The van der Waals surface area contributed by atoms with E-state index in [0.29, 0.717) is 18.8 Å². The number of pyridine rings is 1. The first-order chi connectivity index (χ1) is 14.7. The van der Waals surface area contributed by atoms with Crippen LogP contribution in [0.15, 0.2) is 36.5 Å². The Bertz CT molecular complexity index is 1100. The highest BCUT2D eigenvalue weighted by molar-refractivity contribution is 5.95. The number of hydrogen-bond acceptors (Lipinski definition) is 4. The van der Waals surface area contributed by atoms with E-state index in [2.05, 4.69) is 16.0 Å². The van der Waals surface area contributed by atoms with Gasteiger partial charge in [-0.15, -0.1) is 0 Å². The molecule has 0 bridgehead atoms. The number of aromatic nitrogens is 2. The molecule has 0 saturated carbocycles. The lowest BCUT2D eigenvalue weighted by Crippen LogP contribution is -2.42. The minimum absolute atomic E-state index is 0.165. The number of aromatic amines is 1. The number of rotatable bonds is 3. The van der Waals surface area contributed by atoms with Gasteiger partial charge in [0, 0.05) is 47.9 Å². The van der Waals surface area contributed by atoms with Gasteiger partial charge in [-0.3, -0.25) is 0 Å². The average molecular weight is 426 g/mol. The first-order valence-electron chi connectivity index (χ1n) is 10.5. The Hall–Kier alpha value is -3.09. The zero-order valence-electron chi connectivity index (χ0n) is 18.4. The fourth-order valence-corrected chi connectivity index (χ4v) is 4.11. The molecule has 1 saturated heterocycles. The molecule has 0 aliphatic carbocycles. The van der Waals surface area contributed by atoms with Gasteiger partial charge < -0.3 is 19.4 Å². The Kier molecular flexibility index (Phi) is 5.60. The van der Waals surface area contributed by atoms with Crippen molar-refractivity contribution in [2.45, 2.75) is 45.1 Å². The SMILES string of the molecule is COc1cc(F)ccc1-c1ccnc2[nH]c(C3CCCN(C(=O)OC(C)(C)C)C3)cc12. The Balaban J connectivity index is 1.65. The number of piperidine rings is 1. The zero-order valence-corrected chi connectivity index (χ0v) is 18.4. The molecule has 1 atom stereocenters. The summed E-state index contributed by atoms with van der Waals surface area (Å²) in [6.07, 6.45) is 3.34. The second-order valence-corrected chi connectivity index (χ2v) is 8.96. The summed E-state index contributed by atoms with van der Waals surface area (Å²) in [7, 11) is 1.53. The standard InChI is InChI=1S/C24H28FN3O3/c1-24(2,3)31-23(29)28-11-5-6-15(14-28)20-13-19-17(9-10-26-22(19)27-20)18-8-7-16(25)12-21(18)30-4/h7-10,12-13,15H,5-6,11,14H2,1-4H3,(H,26,27). The Morgan fingerprint density at radius 3 is 2.77 bits per heavy atom. The number of methoxy groups -OCH3 is 1. The number of benzene rings is 1. The number of ether oxygens (including phenoxy) is 2. The molecule has 3 aromatic rings. The van der Waals surface area contributed by atoms with Crippen LogP contribution in [0.4, 0.5) is 9.18 Å². The molecule has 1 aliphatic rings.